The van der Waals surface area contributed by atoms with E-state index in [1.54, 1.807) is 50.4 Å². The highest BCUT2D eigenvalue weighted by Crippen LogP contribution is 2.20. The van der Waals surface area contributed by atoms with Gasteiger partial charge < -0.3 is 9.64 Å². The van der Waals surface area contributed by atoms with E-state index in [0.29, 0.717) is 17.0 Å². The summed E-state index contributed by atoms with van der Waals surface area (Å²) in [7, 11) is -2.06. The van der Waals surface area contributed by atoms with Gasteiger partial charge in [-0.2, -0.15) is 0 Å². The lowest BCUT2D eigenvalue weighted by Gasteiger charge is -2.21. The number of methoxy groups -OCH3 is 1. The summed E-state index contributed by atoms with van der Waals surface area (Å²) >= 11 is 0. The summed E-state index contributed by atoms with van der Waals surface area (Å²) in [5.41, 5.74) is 2.38. The number of nitrogens with one attached hydrogen (secondary N) is 1. The molecule has 0 aliphatic rings. The van der Waals surface area contributed by atoms with Crippen LogP contribution in [0.5, 0.6) is 5.75 Å². The first-order valence-electron chi connectivity index (χ1n) is 8.23. The fourth-order valence-electron chi connectivity index (χ4n) is 2.70. The summed E-state index contributed by atoms with van der Waals surface area (Å²) < 4.78 is 32.7. The van der Waals surface area contributed by atoms with Crippen LogP contribution in [0.2, 0.25) is 0 Å². The molecule has 0 saturated carbocycles. The number of ether oxygens (including phenoxy) is 1. The molecule has 0 radical (unpaired) electrons. The van der Waals surface area contributed by atoms with Gasteiger partial charge in [0.25, 0.3) is 0 Å². The van der Waals surface area contributed by atoms with Crippen LogP contribution in [-0.4, -0.2) is 34.5 Å². The molecular formula is C19H24N2O4S. The maximum Gasteiger partial charge on any atom is 0.240 e. The number of hydrogen-bond donors (Lipinski definition) is 1. The van der Waals surface area contributed by atoms with Crippen molar-refractivity contribution in [3.05, 3.63) is 53.6 Å². The van der Waals surface area contributed by atoms with E-state index in [-0.39, 0.29) is 23.9 Å². The van der Waals surface area contributed by atoms with Crippen LogP contribution < -0.4 is 14.4 Å². The maximum absolute atomic E-state index is 12.5. The molecular weight excluding hydrogens is 352 g/mol. The van der Waals surface area contributed by atoms with Gasteiger partial charge in [-0.15, -0.1) is 0 Å². The predicted octanol–water partition coefficient (Wildman–Crippen LogP) is 2.64. The molecule has 0 saturated heterocycles. The second kappa shape index (κ2) is 8.33. The third-order valence-electron chi connectivity index (χ3n) is 4.01. The Labute approximate surface area is 154 Å². The normalized spacial score (nSPS) is 11.2. The van der Waals surface area contributed by atoms with Gasteiger partial charge in [0.1, 0.15) is 5.75 Å². The van der Waals surface area contributed by atoms with Crippen LogP contribution in [0.3, 0.4) is 0 Å². The Morgan fingerprint density at radius 2 is 1.77 bits per heavy atom. The summed E-state index contributed by atoms with van der Waals surface area (Å²) in [4.78, 5) is 13.7. The lowest BCUT2D eigenvalue weighted by Crippen LogP contribution is -2.37. The van der Waals surface area contributed by atoms with E-state index in [4.69, 9.17) is 4.74 Å². The van der Waals surface area contributed by atoms with E-state index < -0.39 is 10.0 Å². The molecule has 2 aromatic rings. The average Bonchev–Trinajstić information content (AvgIpc) is 2.58. The van der Waals surface area contributed by atoms with Gasteiger partial charge in [0.2, 0.25) is 15.9 Å². The Morgan fingerprint density at radius 3 is 2.31 bits per heavy atom. The zero-order valence-corrected chi connectivity index (χ0v) is 16.3. The van der Waals surface area contributed by atoms with E-state index in [9.17, 15) is 13.2 Å². The van der Waals surface area contributed by atoms with E-state index in [1.165, 1.54) is 11.8 Å². The highest BCUT2D eigenvalue weighted by atomic mass is 32.2. The number of benzene rings is 2. The van der Waals surface area contributed by atoms with Crippen molar-refractivity contribution in [3.8, 4) is 5.75 Å². The minimum Gasteiger partial charge on any atom is -0.497 e. The zero-order chi connectivity index (χ0) is 19.3. The molecule has 0 spiro atoms. The lowest BCUT2D eigenvalue weighted by atomic mass is 10.2. The van der Waals surface area contributed by atoms with E-state index in [0.717, 1.165) is 5.56 Å². The number of nitrogens with zero attached hydrogens (tertiary/aromatic N) is 1. The van der Waals surface area contributed by atoms with Crippen molar-refractivity contribution >= 4 is 21.6 Å². The van der Waals surface area contributed by atoms with Crippen molar-refractivity contribution in [1.82, 2.24) is 4.72 Å². The van der Waals surface area contributed by atoms with Crippen LogP contribution in [-0.2, 0) is 14.8 Å². The molecule has 0 fully saturated rings. The van der Waals surface area contributed by atoms with Crippen LogP contribution >= 0.6 is 0 Å². The molecule has 0 aromatic heterocycles. The van der Waals surface area contributed by atoms with Crippen LogP contribution in [0.15, 0.2) is 47.4 Å². The van der Waals surface area contributed by atoms with Crippen LogP contribution in [0, 0.1) is 13.8 Å². The fraction of sp³-hybridized carbons (Fsp3) is 0.316. The third-order valence-corrected chi connectivity index (χ3v) is 5.63. The average molecular weight is 376 g/mol. The van der Waals surface area contributed by atoms with Crippen molar-refractivity contribution in [2.75, 3.05) is 25.1 Å². The lowest BCUT2D eigenvalue weighted by molar-refractivity contribution is -0.116. The number of aryl methyl sites for hydroxylation is 2. The van der Waals surface area contributed by atoms with Crippen LogP contribution in [0.4, 0.5) is 5.69 Å². The number of hydrogen-bond acceptors (Lipinski definition) is 4. The summed E-state index contributed by atoms with van der Waals surface area (Å²) in [6, 6.07) is 12.2. The Morgan fingerprint density at radius 1 is 1.12 bits per heavy atom. The topological polar surface area (TPSA) is 75.7 Å². The Hall–Kier alpha value is -2.38. The van der Waals surface area contributed by atoms with Crippen molar-refractivity contribution < 1.29 is 17.9 Å². The summed E-state index contributed by atoms with van der Waals surface area (Å²) in [5, 5.41) is 0. The Kier molecular flexibility index (Phi) is 6.39. The molecule has 2 rings (SSSR count). The monoisotopic (exact) mass is 376 g/mol. The van der Waals surface area contributed by atoms with Gasteiger partial charge in [-0.3, -0.25) is 4.79 Å². The minimum absolute atomic E-state index is 0.112. The second-order valence-corrected chi connectivity index (χ2v) is 7.77. The summed E-state index contributed by atoms with van der Waals surface area (Å²) in [5.74, 6) is 0.522. The molecule has 0 bridgehead atoms. The SMILES string of the molecule is COc1ccc(N(CCNS(=O)(=O)c2ccc(C)cc2C)C(C)=O)cc1. The molecule has 140 valence electrons. The van der Waals surface area contributed by atoms with Crippen molar-refractivity contribution in [1.29, 1.82) is 0 Å². The number of carbonyl (C=O) groups is 1. The predicted molar refractivity (Wildman–Crippen MR) is 102 cm³/mol. The van der Waals surface area contributed by atoms with E-state index >= 15 is 0 Å². The number of amides is 1. The molecule has 0 unspecified atom stereocenters. The smallest absolute Gasteiger partial charge is 0.240 e. The third kappa shape index (κ3) is 4.83. The molecule has 1 N–H and O–H groups in total. The van der Waals surface area contributed by atoms with Crippen molar-refractivity contribution in [3.63, 3.8) is 0 Å². The first kappa shape index (κ1) is 19.9. The van der Waals surface area contributed by atoms with Crippen molar-refractivity contribution in [2.45, 2.75) is 25.7 Å². The number of anilines is 1. The molecule has 2 aromatic carbocycles. The Balaban J connectivity index is 2.08. The van der Waals surface area contributed by atoms with Gasteiger partial charge in [-0.25, -0.2) is 13.1 Å². The molecule has 0 atom stereocenters. The quantitative estimate of drug-likeness (QED) is 0.806. The molecule has 1 amide bonds. The van der Waals surface area contributed by atoms with Gasteiger partial charge >= 0.3 is 0 Å². The van der Waals surface area contributed by atoms with E-state index in [1.807, 2.05) is 13.0 Å². The zero-order valence-electron chi connectivity index (χ0n) is 15.4. The highest BCUT2D eigenvalue weighted by Gasteiger charge is 2.18. The molecule has 0 heterocycles. The highest BCUT2D eigenvalue weighted by molar-refractivity contribution is 7.89. The van der Waals surface area contributed by atoms with Gasteiger partial charge in [0.15, 0.2) is 0 Å². The molecule has 26 heavy (non-hydrogen) atoms. The first-order valence-corrected chi connectivity index (χ1v) is 9.72. The van der Waals surface area contributed by atoms with Gasteiger partial charge in [0, 0.05) is 25.7 Å². The van der Waals surface area contributed by atoms with E-state index in [2.05, 4.69) is 4.72 Å². The number of rotatable bonds is 7. The minimum atomic E-state index is -3.63. The van der Waals surface area contributed by atoms with Gasteiger partial charge in [0.05, 0.1) is 12.0 Å². The van der Waals surface area contributed by atoms with Crippen molar-refractivity contribution in [2.24, 2.45) is 0 Å². The maximum atomic E-state index is 12.5. The molecule has 0 aliphatic carbocycles. The fourth-order valence-corrected chi connectivity index (χ4v) is 3.95. The van der Waals surface area contributed by atoms with Crippen LogP contribution in [0.25, 0.3) is 0 Å². The molecule has 6 nitrogen and oxygen atoms in total. The summed E-state index contributed by atoms with van der Waals surface area (Å²) in [6.07, 6.45) is 0. The molecule has 0 aliphatic heterocycles. The Bertz CT molecular complexity index is 877. The standard InChI is InChI=1S/C19H24N2O4S/c1-14-5-10-19(15(2)13-14)26(23,24)20-11-12-21(16(3)22)17-6-8-18(25-4)9-7-17/h5-10,13,20H,11-12H2,1-4H3. The summed E-state index contributed by atoms with van der Waals surface area (Å²) in [6.45, 7) is 5.47. The van der Waals surface area contributed by atoms with Gasteiger partial charge in [-0.1, -0.05) is 17.7 Å². The number of carbonyl (C=O) groups excluding carboxylic acids is 1. The van der Waals surface area contributed by atoms with Gasteiger partial charge in [-0.05, 0) is 49.7 Å². The largest absolute Gasteiger partial charge is 0.497 e. The second-order valence-electron chi connectivity index (χ2n) is 6.04. The van der Waals surface area contributed by atoms with Crippen LogP contribution in [0.1, 0.15) is 18.1 Å². The molecule has 7 heteroatoms. The first-order chi connectivity index (χ1) is 12.2. The number of sulfonamides is 1.